The molecule has 20 heavy (non-hydrogen) atoms. The highest BCUT2D eigenvalue weighted by Gasteiger charge is 2.09. The molecule has 100 valence electrons. The van der Waals surface area contributed by atoms with E-state index in [1.807, 2.05) is 6.07 Å². The van der Waals surface area contributed by atoms with Crippen LogP contribution in [0.5, 0.6) is 0 Å². The van der Waals surface area contributed by atoms with Crippen LogP contribution in [0.15, 0.2) is 41.3 Å². The molecule has 0 fully saturated rings. The van der Waals surface area contributed by atoms with Gasteiger partial charge >= 0.3 is 0 Å². The Kier molecular flexibility index (Phi) is 3.53. The molecule has 6 heteroatoms. The Hall–Kier alpha value is -3.07. The number of rotatable bonds is 2. The van der Waals surface area contributed by atoms with E-state index in [0.717, 1.165) is 0 Å². The lowest BCUT2D eigenvalue weighted by atomic mass is 10.1. The topological polar surface area (TPSA) is 101 Å². The highest BCUT2D eigenvalue weighted by molar-refractivity contribution is 6.05. The quantitative estimate of drug-likeness (QED) is 0.796. The lowest BCUT2D eigenvalue weighted by molar-refractivity contribution is 0.102. The number of aromatic nitrogens is 1. The molecular formula is C14H12N4O2. The molecule has 0 bridgehead atoms. The number of nitrogens with two attached hydrogens (primary N) is 1. The minimum atomic E-state index is -0.431. The first-order valence-corrected chi connectivity index (χ1v) is 5.79. The van der Waals surface area contributed by atoms with E-state index in [1.54, 1.807) is 19.2 Å². The third-order valence-corrected chi connectivity index (χ3v) is 2.80. The van der Waals surface area contributed by atoms with Crippen molar-refractivity contribution in [3.63, 3.8) is 0 Å². The largest absolute Gasteiger partial charge is 0.397 e. The van der Waals surface area contributed by atoms with Crippen molar-refractivity contribution in [2.75, 3.05) is 11.1 Å². The number of nitrogens with zero attached hydrogens (tertiary/aromatic N) is 2. The molecule has 0 aliphatic rings. The van der Waals surface area contributed by atoms with Crippen LogP contribution in [0.4, 0.5) is 11.4 Å². The molecule has 6 nitrogen and oxygen atoms in total. The Labute approximate surface area is 115 Å². The van der Waals surface area contributed by atoms with Crippen molar-refractivity contribution in [2.24, 2.45) is 7.05 Å². The number of nitrogen functional groups attached to an aromatic ring is 1. The standard InChI is InChI=1S/C14H12N4O2/c1-18-5-4-10(7-13(18)19)14(20)17-12-3-2-9(8-15)6-11(12)16/h2-7H,16H2,1H3,(H,17,20). The maximum atomic E-state index is 12.0. The summed E-state index contributed by atoms with van der Waals surface area (Å²) in [6.07, 6.45) is 1.51. The van der Waals surface area contributed by atoms with E-state index in [-0.39, 0.29) is 11.1 Å². The molecule has 3 N–H and O–H groups in total. The summed E-state index contributed by atoms with van der Waals surface area (Å²) in [6, 6.07) is 9.31. The number of hydrogen-bond donors (Lipinski definition) is 2. The number of carbonyl (C=O) groups is 1. The normalized spacial score (nSPS) is 9.80. The molecule has 2 aromatic rings. The average molecular weight is 268 g/mol. The van der Waals surface area contributed by atoms with Gasteiger partial charge in [-0.3, -0.25) is 9.59 Å². The van der Waals surface area contributed by atoms with E-state index in [1.165, 1.54) is 29.0 Å². The zero-order chi connectivity index (χ0) is 14.7. The van der Waals surface area contributed by atoms with Gasteiger partial charge in [-0.25, -0.2) is 0 Å². The van der Waals surface area contributed by atoms with Crippen LogP contribution in [0.3, 0.4) is 0 Å². The second-order valence-corrected chi connectivity index (χ2v) is 4.23. The lowest BCUT2D eigenvalue weighted by Crippen LogP contribution is -2.20. The first-order valence-electron chi connectivity index (χ1n) is 5.79. The number of benzene rings is 1. The van der Waals surface area contributed by atoms with Gasteiger partial charge < -0.3 is 15.6 Å². The average Bonchev–Trinajstić information content (AvgIpc) is 2.43. The molecule has 0 saturated carbocycles. The molecular weight excluding hydrogens is 256 g/mol. The molecule has 1 aromatic carbocycles. The van der Waals surface area contributed by atoms with Crippen LogP contribution in [0.25, 0.3) is 0 Å². The van der Waals surface area contributed by atoms with E-state index >= 15 is 0 Å². The molecule has 0 spiro atoms. The van der Waals surface area contributed by atoms with Crippen molar-refractivity contribution < 1.29 is 4.79 Å². The Balaban J connectivity index is 2.26. The molecule has 0 saturated heterocycles. The van der Waals surface area contributed by atoms with Crippen molar-refractivity contribution in [1.29, 1.82) is 5.26 Å². The number of nitrogens with one attached hydrogen (secondary N) is 1. The molecule has 0 atom stereocenters. The van der Waals surface area contributed by atoms with Crippen molar-refractivity contribution in [1.82, 2.24) is 4.57 Å². The van der Waals surface area contributed by atoms with Gasteiger partial charge in [0.1, 0.15) is 0 Å². The third-order valence-electron chi connectivity index (χ3n) is 2.80. The number of nitriles is 1. The van der Waals surface area contributed by atoms with Crippen molar-refractivity contribution in [3.05, 3.63) is 58.0 Å². The van der Waals surface area contributed by atoms with Gasteiger partial charge in [0.05, 0.1) is 23.0 Å². The Morgan fingerprint density at radius 3 is 2.70 bits per heavy atom. The SMILES string of the molecule is Cn1ccc(C(=O)Nc2ccc(C#N)cc2N)cc1=O. The van der Waals surface area contributed by atoms with Crippen LogP contribution in [0.1, 0.15) is 15.9 Å². The van der Waals surface area contributed by atoms with Gasteiger partial charge in [0.2, 0.25) is 0 Å². The van der Waals surface area contributed by atoms with Crippen molar-refractivity contribution in [2.45, 2.75) is 0 Å². The zero-order valence-corrected chi connectivity index (χ0v) is 10.8. The highest BCUT2D eigenvalue weighted by atomic mass is 16.2. The number of pyridine rings is 1. The van der Waals surface area contributed by atoms with Gasteiger partial charge in [0.25, 0.3) is 11.5 Å². The maximum Gasteiger partial charge on any atom is 0.255 e. The molecule has 1 aromatic heterocycles. The first kappa shape index (κ1) is 13.4. The number of hydrogen-bond acceptors (Lipinski definition) is 4. The van der Waals surface area contributed by atoms with Crippen LogP contribution in [-0.2, 0) is 7.05 Å². The second-order valence-electron chi connectivity index (χ2n) is 4.23. The number of anilines is 2. The third kappa shape index (κ3) is 2.67. The summed E-state index contributed by atoms with van der Waals surface area (Å²) < 4.78 is 1.37. The molecule has 1 amide bonds. The Morgan fingerprint density at radius 1 is 1.35 bits per heavy atom. The van der Waals surface area contributed by atoms with E-state index in [4.69, 9.17) is 11.0 Å². The fourth-order valence-corrected chi connectivity index (χ4v) is 1.63. The molecule has 0 unspecified atom stereocenters. The Bertz CT molecular complexity index is 771. The fourth-order valence-electron chi connectivity index (χ4n) is 1.63. The van der Waals surface area contributed by atoms with E-state index in [9.17, 15) is 9.59 Å². The molecule has 0 aliphatic carbocycles. The number of carbonyl (C=O) groups excluding carboxylic acids is 1. The maximum absolute atomic E-state index is 12.0. The monoisotopic (exact) mass is 268 g/mol. The summed E-state index contributed by atoms with van der Waals surface area (Å²) in [5, 5.41) is 11.3. The summed E-state index contributed by atoms with van der Waals surface area (Å²) >= 11 is 0. The van der Waals surface area contributed by atoms with Gasteiger partial charge in [-0.15, -0.1) is 0 Å². The second kappa shape index (κ2) is 5.28. The minimum Gasteiger partial charge on any atom is -0.397 e. The number of amides is 1. The lowest BCUT2D eigenvalue weighted by Gasteiger charge is -2.08. The van der Waals surface area contributed by atoms with Gasteiger partial charge in [-0.05, 0) is 24.3 Å². The Morgan fingerprint density at radius 2 is 2.10 bits per heavy atom. The van der Waals surface area contributed by atoms with Crippen LogP contribution < -0.4 is 16.6 Å². The van der Waals surface area contributed by atoms with Crippen LogP contribution in [-0.4, -0.2) is 10.5 Å². The molecule has 0 radical (unpaired) electrons. The van der Waals surface area contributed by atoms with Gasteiger partial charge in [0.15, 0.2) is 0 Å². The minimum absolute atomic E-state index is 0.247. The molecule has 1 heterocycles. The van der Waals surface area contributed by atoms with E-state index < -0.39 is 5.91 Å². The highest BCUT2D eigenvalue weighted by Crippen LogP contribution is 2.20. The number of aryl methyl sites for hydroxylation is 1. The smallest absolute Gasteiger partial charge is 0.255 e. The fraction of sp³-hybridized carbons (Fsp3) is 0.0714. The molecule has 0 aliphatic heterocycles. The first-order chi connectivity index (χ1) is 9.51. The van der Waals surface area contributed by atoms with Gasteiger partial charge in [-0.1, -0.05) is 0 Å². The van der Waals surface area contributed by atoms with Gasteiger partial charge in [-0.2, -0.15) is 5.26 Å². The van der Waals surface area contributed by atoms with E-state index in [0.29, 0.717) is 16.9 Å². The van der Waals surface area contributed by atoms with Crippen LogP contribution >= 0.6 is 0 Å². The predicted octanol–water partition coefficient (Wildman–Crippen LogP) is 1.09. The summed E-state index contributed by atoms with van der Waals surface area (Å²) in [7, 11) is 1.60. The van der Waals surface area contributed by atoms with Crippen molar-refractivity contribution >= 4 is 17.3 Å². The van der Waals surface area contributed by atoms with Crippen LogP contribution in [0.2, 0.25) is 0 Å². The van der Waals surface area contributed by atoms with Crippen LogP contribution in [0, 0.1) is 11.3 Å². The zero-order valence-electron chi connectivity index (χ0n) is 10.8. The van der Waals surface area contributed by atoms with E-state index in [2.05, 4.69) is 5.32 Å². The predicted molar refractivity (Wildman–Crippen MR) is 75.2 cm³/mol. The van der Waals surface area contributed by atoms with Gasteiger partial charge in [0, 0.05) is 24.9 Å². The summed E-state index contributed by atoms with van der Waals surface area (Å²) in [5.41, 5.74) is 6.82. The van der Waals surface area contributed by atoms with Crippen molar-refractivity contribution in [3.8, 4) is 6.07 Å². The summed E-state index contributed by atoms with van der Waals surface area (Å²) in [5.74, 6) is -0.431. The summed E-state index contributed by atoms with van der Waals surface area (Å²) in [4.78, 5) is 23.5. The summed E-state index contributed by atoms with van der Waals surface area (Å²) in [6.45, 7) is 0. The molecule has 2 rings (SSSR count).